The molecule has 2 bridgehead atoms. The Labute approximate surface area is 156 Å². The lowest BCUT2D eigenvalue weighted by Crippen LogP contribution is -2.54. The largest absolute Gasteiger partial charge is 0.483 e. The topological polar surface area (TPSA) is 64.3 Å². The SMILES string of the molecule is Cl.NC1CC2CCCC(C1)C2NC(=O)COc1ccc(F)cc1Br. The number of hydrogen-bond donors (Lipinski definition) is 2. The van der Waals surface area contributed by atoms with Crippen molar-refractivity contribution in [3.05, 3.63) is 28.5 Å². The van der Waals surface area contributed by atoms with Crippen molar-refractivity contribution < 1.29 is 13.9 Å². The zero-order valence-corrected chi connectivity index (χ0v) is 15.7. The molecule has 2 aliphatic rings. The molecule has 2 saturated carbocycles. The number of halogens is 3. The summed E-state index contributed by atoms with van der Waals surface area (Å²) in [6.07, 6.45) is 5.49. The van der Waals surface area contributed by atoms with E-state index in [1.54, 1.807) is 0 Å². The maximum absolute atomic E-state index is 13.0. The molecule has 0 saturated heterocycles. The van der Waals surface area contributed by atoms with Crippen LogP contribution in [-0.2, 0) is 4.79 Å². The number of carbonyl (C=O) groups is 1. The van der Waals surface area contributed by atoms with Gasteiger partial charge in [0.1, 0.15) is 11.6 Å². The second kappa shape index (κ2) is 8.50. The van der Waals surface area contributed by atoms with Crippen molar-refractivity contribution in [2.75, 3.05) is 6.61 Å². The van der Waals surface area contributed by atoms with Crippen LogP contribution in [0.25, 0.3) is 0 Å². The highest BCUT2D eigenvalue weighted by Gasteiger charge is 2.39. The second-order valence-corrected chi connectivity index (χ2v) is 7.49. The summed E-state index contributed by atoms with van der Waals surface area (Å²) in [6, 6.07) is 4.63. The van der Waals surface area contributed by atoms with E-state index in [0.717, 1.165) is 25.7 Å². The van der Waals surface area contributed by atoms with Gasteiger partial charge in [-0.1, -0.05) is 6.42 Å². The first-order chi connectivity index (χ1) is 11.0. The van der Waals surface area contributed by atoms with E-state index in [9.17, 15) is 9.18 Å². The monoisotopic (exact) mass is 420 g/mol. The summed E-state index contributed by atoms with van der Waals surface area (Å²) in [7, 11) is 0. The number of carbonyl (C=O) groups excluding carboxylic acids is 1. The second-order valence-electron chi connectivity index (χ2n) is 6.64. The lowest BCUT2D eigenvalue weighted by atomic mass is 9.67. The molecule has 134 valence electrons. The maximum Gasteiger partial charge on any atom is 0.258 e. The molecule has 0 aliphatic heterocycles. The Balaban J connectivity index is 0.00000208. The molecule has 2 aliphatic carbocycles. The number of hydrogen-bond acceptors (Lipinski definition) is 3. The van der Waals surface area contributed by atoms with Crippen molar-refractivity contribution in [1.82, 2.24) is 5.32 Å². The third kappa shape index (κ3) is 4.61. The van der Waals surface area contributed by atoms with Gasteiger partial charge in [0.05, 0.1) is 4.47 Å². The first-order valence-electron chi connectivity index (χ1n) is 8.15. The molecule has 3 N–H and O–H groups in total. The van der Waals surface area contributed by atoms with E-state index in [-0.39, 0.29) is 42.8 Å². The van der Waals surface area contributed by atoms with Crippen molar-refractivity contribution in [2.45, 2.75) is 44.2 Å². The Morgan fingerprint density at radius 2 is 2.00 bits per heavy atom. The van der Waals surface area contributed by atoms with Gasteiger partial charge in [-0.15, -0.1) is 12.4 Å². The van der Waals surface area contributed by atoms with E-state index in [4.69, 9.17) is 10.5 Å². The van der Waals surface area contributed by atoms with E-state index >= 15 is 0 Å². The molecule has 1 amide bonds. The summed E-state index contributed by atoms with van der Waals surface area (Å²) in [5.41, 5.74) is 6.11. The van der Waals surface area contributed by atoms with Crippen LogP contribution < -0.4 is 15.8 Å². The molecular weight excluding hydrogens is 399 g/mol. The van der Waals surface area contributed by atoms with Gasteiger partial charge in [0.25, 0.3) is 5.91 Å². The van der Waals surface area contributed by atoms with Gasteiger partial charge in [-0.25, -0.2) is 4.39 Å². The van der Waals surface area contributed by atoms with E-state index in [0.29, 0.717) is 22.1 Å². The first kappa shape index (κ1) is 19.5. The number of rotatable bonds is 4. The molecule has 0 radical (unpaired) electrons. The highest BCUT2D eigenvalue weighted by Crippen LogP contribution is 2.39. The van der Waals surface area contributed by atoms with Crippen molar-refractivity contribution in [3.8, 4) is 5.75 Å². The Morgan fingerprint density at radius 1 is 1.33 bits per heavy atom. The summed E-state index contributed by atoms with van der Waals surface area (Å²) in [5.74, 6) is 0.962. The van der Waals surface area contributed by atoms with Crippen LogP contribution in [0, 0.1) is 17.7 Å². The predicted molar refractivity (Wildman–Crippen MR) is 96.8 cm³/mol. The molecule has 2 unspecified atom stereocenters. The van der Waals surface area contributed by atoms with Crippen molar-refractivity contribution in [1.29, 1.82) is 0 Å². The smallest absolute Gasteiger partial charge is 0.258 e. The number of ether oxygens (including phenoxy) is 1. The number of nitrogens with two attached hydrogens (primary N) is 1. The molecule has 0 spiro atoms. The fourth-order valence-electron chi connectivity index (χ4n) is 3.99. The Kier molecular flexibility index (Phi) is 6.89. The van der Waals surface area contributed by atoms with Crippen LogP contribution in [0.2, 0.25) is 0 Å². The van der Waals surface area contributed by atoms with E-state index in [1.165, 1.54) is 24.6 Å². The van der Waals surface area contributed by atoms with Crippen LogP contribution in [0.3, 0.4) is 0 Å². The van der Waals surface area contributed by atoms with Gasteiger partial charge in [0, 0.05) is 12.1 Å². The summed E-state index contributed by atoms with van der Waals surface area (Å²) < 4.78 is 19.0. The molecule has 24 heavy (non-hydrogen) atoms. The van der Waals surface area contributed by atoms with Crippen LogP contribution in [0.1, 0.15) is 32.1 Å². The van der Waals surface area contributed by atoms with E-state index in [1.807, 2.05) is 0 Å². The van der Waals surface area contributed by atoms with E-state index < -0.39 is 0 Å². The van der Waals surface area contributed by atoms with E-state index in [2.05, 4.69) is 21.2 Å². The average Bonchev–Trinajstić information content (AvgIpc) is 2.47. The van der Waals surface area contributed by atoms with Gasteiger partial charge in [-0.05, 0) is 71.6 Å². The standard InChI is InChI=1S/C17H22BrFN2O2.ClH/c18-14-8-12(19)4-5-15(14)23-9-16(22)21-17-10-2-1-3-11(17)7-13(20)6-10;/h4-5,8,10-11,13,17H,1-3,6-7,9,20H2,(H,21,22);1H. The average molecular weight is 422 g/mol. The number of benzene rings is 1. The molecule has 7 heteroatoms. The normalized spacial score (nSPS) is 28.6. The lowest BCUT2D eigenvalue weighted by molar-refractivity contribution is -0.125. The predicted octanol–water partition coefficient (Wildman–Crippen LogP) is 3.41. The van der Waals surface area contributed by atoms with Crippen LogP contribution in [0.4, 0.5) is 4.39 Å². The maximum atomic E-state index is 13.0. The quantitative estimate of drug-likeness (QED) is 0.783. The van der Waals surface area contributed by atoms with Crippen molar-refractivity contribution >= 4 is 34.2 Å². The number of amides is 1. The molecular formula is C17H23BrClFN2O2. The molecule has 1 aromatic rings. The van der Waals surface area contributed by atoms with Gasteiger partial charge in [0.2, 0.25) is 0 Å². The van der Waals surface area contributed by atoms with Gasteiger partial charge in [-0.2, -0.15) is 0 Å². The molecule has 2 fully saturated rings. The Hall–Kier alpha value is -0.850. The highest BCUT2D eigenvalue weighted by atomic mass is 79.9. The first-order valence-corrected chi connectivity index (χ1v) is 8.95. The molecule has 0 heterocycles. The fraction of sp³-hybridized carbons (Fsp3) is 0.588. The highest BCUT2D eigenvalue weighted by molar-refractivity contribution is 9.10. The third-order valence-electron chi connectivity index (χ3n) is 4.96. The fourth-order valence-corrected chi connectivity index (χ4v) is 4.45. The van der Waals surface area contributed by atoms with Crippen molar-refractivity contribution in [3.63, 3.8) is 0 Å². The summed E-state index contributed by atoms with van der Waals surface area (Å²) in [4.78, 5) is 12.2. The summed E-state index contributed by atoms with van der Waals surface area (Å²) in [6.45, 7) is -0.0633. The Bertz CT molecular complexity index is 576. The lowest BCUT2D eigenvalue weighted by Gasteiger charge is -2.45. The minimum Gasteiger partial charge on any atom is -0.483 e. The van der Waals surface area contributed by atoms with Gasteiger partial charge >= 0.3 is 0 Å². The molecule has 3 rings (SSSR count). The molecule has 0 aromatic heterocycles. The summed E-state index contributed by atoms with van der Waals surface area (Å²) >= 11 is 3.23. The number of fused-ring (bicyclic) bond motifs is 2. The molecule has 2 atom stereocenters. The Morgan fingerprint density at radius 3 is 2.62 bits per heavy atom. The zero-order valence-electron chi connectivity index (χ0n) is 13.3. The third-order valence-corrected chi connectivity index (χ3v) is 5.58. The van der Waals surface area contributed by atoms with Crippen LogP contribution in [0.15, 0.2) is 22.7 Å². The van der Waals surface area contributed by atoms with Crippen LogP contribution in [0.5, 0.6) is 5.75 Å². The molecule has 1 aromatic carbocycles. The van der Waals surface area contributed by atoms with Gasteiger partial charge < -0.3 is 15.8 Å². The zero-order chi connectivity index (χ0) is 16.4. The minimum atomic E-state index is -0.347. The van der Waals surface area contributed by atoms with Gasteiger partial charge in [-0.3, -0.25) is 4.79 Å². The van der Waals surface area contributed by atoms with Crippen LogP contribution in [-0.4, -0.2) is 24.6 Å². The number of nitrogens with one attached hydrogen (secondary N) is 1. The minimum absolute atomic E-state index is 0. The van der Waals surface area contributed by atoms with Crippen molar-refractivity contribution in [2.24, 2.45) is 17.6 Å². The van der Waals surface area contributed by atoms with Gasteiger partial charge in [0.15, 0.2) is 6.61 Å². The summed E-state index contributed by atoms with van der Waals surface area (Å²) in [5, 5.41) is 3.13. The van der Waals surface area contributed by atoms with Crippen LogP contribution >= 0.6 is 28.3 Å². The molecule has 4 nitrogen and oxygen atoms in total.